The van der Waals surface area contributed by atoms with E-state index in [1.165, 1.54) is 6.92 Å². The van der Waals surface area contributed by atoms with Crippen LogP contribution in [0.2, 0.25) is 0 Å². The largest absolute Gasteiger partial charge is 0.464 e. The van der Waals surface area contributed by atoms with Gasteiger partial charge in [-0.05, 0) is 54.0 Å². The number of amides is 1. The Bertz CT molecular complexity index is 1460. The molecule has 1 unspecified atom stereocenters. The van der Waals surface area contributed by atoms with Gasteiger partial charge in [0, 0.05) is 37.6 Å². The van der Waals surface area contributed by atoms with Crippen molar-refractivity contribution in [3.63, 3.8) is 0 Å². The van der Waals surface area contributed by atoms with Crippen LogP contribution in [-0.2, 0) is 32.7 Å². The lowest BCUT2D eigenvalue weighted by atomic mass is 9.88. The molecule has 1 N–H and O–H groups in total. The van der Waals surface area contributed by atoms with E-state index in [1.54, 1.807) is 18.7 Å². The van der Waals surface area contributed by atoms with Gasteiger partial charge in [-0.1, -0.05) is 43.3 Å². The lowest BCUT2D eigenvalue weighted by molar-refractivity contribution is -0.164. The van der Waals surface area contributed by atoms with E-state index < -0.39 is 11.5 Å². The van der Waals surface area contributed by atoms with Crippen LogP contribution >= 0.6 is 0 Å². The molecule has 0 aliphatic carbocycles. The predicted octanol–water partition coefficient (Wildman–Crippen LogP) is 3.85. The molecule has 1 aliphatic rings. The molecule has 38 heavy (non-hydrogen) atoms. The van der Waals surface area contributed by atoms with Gasteiger partial charge in [-0.2, -0.15) is 0 Å². The second-order valence-electron chi connectivity index (χ2n) is 9.46. The molecule has 196 valence electrons. The summed E-state index contributed by atoms with van der Waals surface area (Å²) in [6.07, 6.45) is 2.19. The first-order valence-electron chi connectivity index (χ1n) is 12.9. The highest BCUT2D eigenvalue weighted by Gasteiger charge is 2.51. The van der Waals surface area contributed by atoms with Gasteiger partial charge in [0.05, 0.1) is 18.0 Å². The number of aromatic nitrogens is 6. The van der Waals surface area contributed by atoms with Crippen molar-refractivity contribution in [3.05, 3.63) is 65.7 Å². The van der Waals surface area contributed by atoms with Gasteiger partial charge < -0.3 is 9.64 Å². The van der Waals surface area contributed by atoms with E-state index in [1.807, 2.05) is 53.1 Å². The van der Waals surface area contributed by atoms with Crippen LogP contribution in [0.3, 0.4) is 0 Å². The maximum absolute atomic E-state index is 13.5. The fourth-order valence-corrected chi connectivity index (χ4v) is 5.38. The molecule has 0 fully saturated rings. The molecule has 1 atom stereocenters. The topological polar surface area (TPSA) is 119 Å². The fourth-order valence-electron chi connectivity index (χ4n) is 5.38. The van der Waals surface area contributed by atoms with E-state index in [0.717, 1.165) is 46.7 Å². The van der Waals surface area contributed by atoms with Crippen LogP contribution < -0.4 is 0 Å². The second-order valence-corrected chi connectivity index (χ2v) is 9.46. The average Bonchev–Trinajstić information content (AvgIpc) is 3.58. The number of imidazole rings is 1. The van der Waals surface area contributed by atoms with Gasteiger partial charge in [-0.15, -0.1) is 5.10 Å². The van der Waals surface area contributed by atoms with Crippen molar-refractivity contribution in [2.75, 3.05) is 13.2 Å². The number of aromatic amines is 1. The minimum atomic E-state index is -1.29. The van der Waals surface area contributed by atoms with Crippen molar-refractivity contribution in [1.29, 1.82) is 0 Å². The van der Waals surface area contributed by atoms with Crippen LogP contribution in [0.1, 0.15) is 51.3 Å². The summed E-state index contributed by atoms with van der Waals surface area (Å²) >= 11 is 0. The zero-order chi connectivity index (χ0) is 26.9. The first kappa shape index (κ1) is 25.3. The molecule has 2 aromatic heterocycles. The first-order chi connectivity index (χ1) is 18.4. The van der Waals surface area contributed by atoms with Crippen molar-refractivity contribution in [2.24, 2.45) is 0 Å². The number of fused-ring (bicyclic) bond motifs is 1. The average molecular weight is 514 g/mol. The van der Waals surface area contributed by atoms with Crippen molar-refractivity contribution in [2.45, 2.75) is 52.5 Å². The quantitative estimate of drug-likeness (QED) is 0.373. The van der Waals surface area contributed by atoms with Crippen molar-refractivity contribution < 1.29 is 14.3 Å². The van der Waals surface area contributed by atoms with E-state index >= 15 is 0 Å². The molecule has 1 amide bonds. The second kappa shape index (κ2) is 10.2. The van der Waals surface area contributed by atoms with Gasteiger partial charge in [-0.3, -0.25) is 9.36 Å². The maximum Gasteiger partial charge on any atom is 0.338 e. The van der Waals surface area contributed by atoms with Crippen LogP contribution in [0.15, 0.2) is 48.5 Å². The third-order valence-corrected chi connectivity index (χ3v) is 7.08. The van der Waals surface area contributed by atoms with Crippen LogP contribution in [0.4, 0.5) is 0 Å². The lowest BCUT2D eigenvalue weighted by Gasteiger charge is -2.42. The number of rotatable bonds is 7. The highest BCUT2D eigenvalue weighted by Crippen LogP contribution is 2.40. The van der Waals surface area contributed by atoms with Gasteiger partial charge in [-0.25, -0.2) is 14.9 Å². The summed E-state index contributed by atoms with van der Waals surface area (Å²) in [5.41, 5.74) is 3.97. The van der Waals surface area contributed by atoms with Gasteiger partial charge in [0.1, 0.15) is 5.82 Å². The number of nitrogens with one attached hydrogen (secondary N) is 1. The van der Waals surface area contributed by atoms with Crippen LogP contribution in [0.5, 0.6) is 0 Å². The molecule has 2 aromatic carbocycles. The smallest absolute Gasteiger partial charge is 0.338 e. The Morgan fingerprint density at radius 2 is 1.82 bits per heavy atom. The van der Waals surface area contributed by atoms with E-state index in [0.29, 0.717) is 24.5 Å². The third-order valence-electron chi connectivity index (χ3n) is 7.08. The molecule has 0 saturated carbocycles. The minimum Gasteiger partial charge on any atom is -0.464 e. The van der Waals surface area contributed by atoms with E-state index in [-0.39, 0.29) is 12.5 Å². The van der Waals surface area contributed by atoms with Gasteiger partial charge >= 0.3 is 5.97 Å². The van der Waals surface area contributed by atoms with E-state index in [9.17, 15) is 9.59 Å². The fraction of sp³-hybridized carbons (Fsp3) is 0.357. The third kappa shape index (κ3) is 4.15. The molecule has 5 rings (SSSR count). The number of hydrogen-bond acceptors (Lipinski definition) is 7. The highest BCUT2D eigenvalue weighted by atomic mass is 16.5. The number of nitrogens with zero attached hydrogens (tertiary/aromatic N) is 6. The summed E-state index contributed by atoms with van der Waals surface area (Å²) in [4.78, 5) is 32.8. The zero-order valence-electron chi connectivity index (χ0n) is 22.1. The number of benzene rings is 2. The van der Waals surface area contributed by atoms with Crippen molar-refractivity contribution >= 4 is 11.9 Å². The number of aryl methyl sites for hydroxylation is 1. The maximum atomic E-state index is 13.5. The number of tetrazole rings is 1. The standard InChI is InChI=1S/C28H31N7O3/c1-5-9-24-29-23-16-17-34(18(3)36)28(4,27(37)38-6-2)25(23)35(24)20-14-12-19(13-15-20)21-10-7-8-11-22(21)26-30-32-33-31-26/h7-8,10-15H,5-6,9,16-17H2,1-4H3,(H,30,31,32,33). The predicted molar refractivity (Wildman–Crippen MR) is 141 cm³/mol. The Morgan fingerprint density at radius 3 is 2.45 bits per heavy atom. The monoisotopic (exact) mass is 513 g/mol. The lowest BCUT2D eigenvalue weighted by Crippen LogP contribution is -2.57. The van der Waals surface area contributed by atoms with Gasteiger partial charge in [0.15, 0.2) is 11.4 Å². The van der Waals surface area contributed by atoms with Crippen LogP contribution in [-0.4, -0.2) is 60.1 Å². The summed E-state index contributed by atoms with van der Waals surface area (Å²) in [5, 5.41) is 14.3. The Labute approximate surface area is 221 Å². The van der Waals surface area contributed by atoms with E-state index in [2.05, 4.69) is 27.5 Å². The molecular weight excluding hydrogens is 482 g/mol. The summed E-state index contributed by atoms with van der Waals surface area (Å²) in [5.74, 6) is 0.823. The number of H-pyrrole nitrogens is 1. The Morgan fingerprint density at radius 1 is 1.08 bits per heavy atom. The molecule has 0 bridgehead atoms. The number of ether oxygens (including phenoxy) is 1. The Kier molecular flexibility index (Phi) is 6.79. The summed E-state index contributed by atoms with van der Waals surface area (Å²) in [6, 6.07) is 16.0. The van der Waals surface area contributed by atoms with Crippen LogP contribution in [0.25, 0.3) is 28.2 Å². The molecule has 10 nitrogen and oxygen atoms in total. The molecule has 1 aliphatic heterocycles. The number of carbonyl (C=O) groups is 2. The van der Waals surface area contributed by atoms with Gasteiger partial charge in [0.25, 0.3) is 0 Å². The minimum absolute atomic E-state index is 0.176. The molecule has 0 radical (unpaired) electrons. The van der Waals surface area contributed by atoms with Crippen molar-refractivity contribution in [1.82, 2.24) is 35.1 Å². The Hall–Kier alpha value is -4.34. The SMILES string of the molecule is CCCc1nc2c(n1-c1ccc(-c3ccccc3-c3nnn[nH]3)cc1)C(C)(C(=O)OCC)N(C(C)=O)CC2. The van der Waals surface area contributed by atoms with Gasteiger partial charge in [0.2, 0.25) is 5.91 Å². The molecule has 4 aromatic rings. The number of carbonyl (C=O) groups excluding carboxylic acids is 2. The summed E-state index contributed by atoms with van der Waals surface area (Å²) in [7, 11) is 0. The first-order valence-corrected chi connectivity index (χ1v) is 12.9. The molecule has 0 spiro atoms. The molecule has 3 heterocycles. The highest BCUT2D eigenvalue weighted by molar-refractivity contribution is 5.89. The molecule has 0 saturated heterocycles. The normalized spacial score (nSPS) is 16.8. The molecular formula is C28H31N7O3. The molecule has 10 heteroatoms. The van der Waals surface area contributed by atoms with E-state index in [4.69, 9.17) is 9.72 Å². The summed E-state index contributed by atoms with van der Waals surface area (Å²) in [6.45, 7) is 7.77. The number of hydrogen-bond donors (Lipinski definition) is 1. The zero-order valence-corrected chi connectivity index (χ0v) is 22.1. The summed E-state index contributed by atoms with van der Waals surface area (Å²) < 4.78 is 7.56. The van der Waals surface area contributed by atoms with Crippen molar-refractivity contribution in [3.8, 4) is 28.2 Å². The van der Waals surface area contributed by atoms with Crippen LogP contribution in [0, 0.1) is 0 Å². The Balaban J connectivity index is 1.65. The number of esters is 1.